The number of aryl methyl sites for hydroxylation is 2. The lowest BCUT2D eigenvalue weighted by Gasteiger charge is -2.09. The zero-order valence-corrected chi connectivity index (χ0v) is 19.6. The monoisotopic (exact) mass is 447 g/mol. The second kappa shape index (κ2) is 8.13. The summed E-state index contributed by atoms with van der Waals surface area (Å²) in [6.07, 6.45) is 6.72. The van der Waals surface area contributed by atoms with E-state index < -0.39 is 0 Å². The van der Waals surface area contributed by atoms with Crippen molar-refractivity contribution in [1.29, 1.82) is 0 Å². The van der Waals surface area contributed by atoms with E-state index in [9.17, 15) is 0 Å². The van der Waals surface area contributed by atoms with Crippen LogP contribution in [0.1, 0.15) is 46.9 Å². The highest BCUT2D eigenvalue weighted by atomic mass is 35.5. The molecule has 0 bridgehead atoms. The first kappa shape index (κ1) is 20.8. The van der Waals surface area contributed by atoms with E-state index in [0.29, 0.717) is 11.4 Å². The molecule has 0 spiro atoms. The second-order valence-electron chi connectivity index (χ2n) is 8.67. The maximum absolute atomic E-state index is 6.34. The lowest BCUT2D eigenvalue weighted by atomic mass is 10.1. The zero-order chi connectivity index (χ0) is 22.4. The summed E-state index contributed by atoms with van der Waals surface area (Å²) in [7, 11) is 0. The van der Waals surface area contributed by atoms with E-state index in [-0.39, 0.29) is 0 Å². The minimum absolute atomic E-state index is 0.667. The van der Waals surface area contributed by atoms with E-state index in [0.717, 1.165) is 52.3 Å². The Morgan fingerprint density at radius 1 is 1.03 bits per heavy atom. The van der Waals surface area contributed by atoms with Gasteiger partial charge >= 0.3 is 0 Å². The lowest BCUT2D eigenvalue weighted by Crippen LogP contribution is -2.10. The van der Waals surface area contributed by atoms with E-state index in [1.54, 1.807) is 11.0 Å². The number of nitrogens with zero attached hydrogens (tertiary/aromatic N) is 7. The molecule has 7 nitrogen and oxygen atoms in total. The first-order valence-electron chi connectivity index (χ1n) is 10.9. The SMILES string of the molecule is Cc1ccc(-c2nn(CC3CC3)c(Cc3cc(-n4nc(C)c(Cl)c4C)ncn3)c2C)cn1. The van der Waals surface area contributed by atoms with Gasteiger partial charge in [-0.05, 0) is 64.2 Å². The number of hydrogen-bond acceptors (Lipinski definition) is 5. The molecular weight excluding hydrogens is 422 g/mol. The summed E-state index contributed by atoms with van der Waals surface area (Å²) < 4.78 is 3.95. The fourth-order valence-corrected chi connectivity index (χ4v) is 4.12. The Kier molecular flexibility index (Phi) is 5.29. The molecule has 32 heavy (non-hydrogen) atoms. The van der Waals surface area contributed by atoms with Crippen LogP contribution in [0.25, 0.3) is 17.1 Å². The maximum Gasteiger partial charge on any atom is 0.157 e. The highest BCUT2D eigenvalue weighted by Gasteiger charge is 2.25. The Balaban J connectivity index is 1.52. The van der Waals surface area contributed by atoms with Gasteiger partial charge in [0.2, 0.25) is 0 Å². The van der Waals surface area contributed by atoms with Crippen LogP contribution >= 0.6 is 11.6 Å². The van der Waals surface area contributed by atoms with Gasteiger partial charge in [0, 0.05) is 42.2 Å². The van der Waals surface area contributed by atoms with E-state index in [4.69, 9.17) is 16.7 Å². The topological polar surface area (TPSA) is 74.3 Å². The van der Waals surface area contributed by atoms with Gasteiger partial charge in [0.05, 0.1) is 27.8 Å². The van der Waals surface area contributed by atoms with Crippen LogP contribution in [-0.2, 0) is 13.0 Å². The molecule has 0 aromatic carbocycles. The molecule has 0 aliphatic heterocycles. The van der Waals surface area contributed by atoms with Crippen LogP contribution in [-0.4, -0.2) is 34.5 Å². The van der Waals surface area contributed by atoms with Crippen LogP contribution in [0, 0.1) is 33.6 Å². The zero-order valence-electron chi connectivity index (χ0n) is 18.8. The summed E-state index contributed by atoms with van der Waals surface area (Å²) in [5.41, 5.74) is 7.98. The molecule has 5 rings (SSSR count). The number of pyridine rings is 1. The number of halogens is 1. The predicted octanol–water partition coefficient (Wildman–Crippen LogP) is 4.81. The molecule has 0 atom stereocenters. The van der Waals surface area contributed by atoms with Crippen LogP contribution in [0.4, 0.5) is 0 Å². The molecular formula is C24H26ClN7. The summed E-state index contributed by atoms with van der Waals surface area (Å²) in [4.78, 5) is 13.4. The first-order chi connectivity index (χ1) is 15.4. The number of rotatable bonds is 6. The number of aromatic nitrogens is 7. The highest BCUT2D eigenvalue weighted by Crippen LogP contribution is 2.33. The Labute approximate surface area is 192 Å². The predicted molar refractivity (Wildman–Crippen MR) is 124 cm³/mol. The molecule has 0 saturated heterocycles. The fraction of sp³-hybridized carbons (Fsp3) is 0.375. The van der Waals surface area contributed by atoms with Gasteiger partial charge in [-0.3, -0.25) is 9.67 Å². The minimum atomic E-state index is 0.667. The lowest BCUT2D eigenvalue weighted by molar-refractivity contribution is 0.544. The van der Waals surface area contributed by atoms with Gasteiger partial charge < -0.3 is 0 Å². The molecule has 1 saturated carbocycles. The van der Waals surface area contributed by atoms with Crippen molar-refractivity contribution in [1.82, 2.24) is 34.5 Å². The van der Waals surface area contributed by atoms with Crippen LogP contribution < -0.4 is 0 Å². The van der Waals surface area contributed by atoms with E-state index in [1.165, 1.54) is 24.1 Å². The number of hydrogen-bond donors (Lipinski definition) is 0. The summed E-state index contributed by atoms with van der Waals surface area (Å²) in [6, 6.07) is 6.11. The van der Waals surface area contributed by atoms with E-state index >= 15 is 0 Å². The molecule has 8 heteroatoms. The molecule has 164 valence electrons. The van der Waals surface area contributed by atoms with Gasteiger partial charge in [-0.25, -0.2) is 14.6 Å². The van der Waals surface area contributed by atoms with Gasteiger partial charge in [-0.15, -0.1) is 0 Å². The Bertz CT molecular complexity index is 1280. The molecule has 0 amide bonds. The van der Waals surface area contributed by atoms with Crippen LogP contribution in [0.5, 0.6) is 0 Å². The fourth-order valence-electron chi connectivity index (χ4n) is 4.00. The standard InChI is InChI=1S/C24H26ClN7/c1-14-5-8-19(11-26-14)24-15(2)21(31(30-24)12-18-6-7-18)9-20-10-22(28-13-27-20)32-17(4)23(25)16(3)29-32/h5,8,10-11,13,18H,6-7,9,12H2,1-4H3. The Morgan fingerprint density at radius 3 is 2.50 bits per heavy atom. The molecule has 0 radical (unpaired) electrons. The largest absolute Gasteiger partial charge is 0.268 e. The normalized spacial score (nSPS) is 13.7. The summed E-state index contributed by atoms with van der Waals surface area (Å²) in [6.45, 7) is 8.93. The summed E-state index contributed by atoms with van der Waals surface area (Å²) in [5, 5.41) is 10.2. The van der Waals surface area contributed by atoms with E-state index in [2.05, 4.69) is 37.7 Å². The molecule has 1 fully saturated rings. The second-order valence-corrected chi connectivity index (χ2v) is 9.05. The Morgan fingerprint density at radius 2 is 1.84 bits per heavy atom. The molecule has 4 aromatic rings. The molecule has 4 aromatic heterocycles. The maximum atomic E-state index is 6.34. The smallest absolute Gasteiger partial charge is 0.157 e. The molecule has 4 heterocycles. The minimum Gasteiger partial charge on any atom is -0.268 e. The molecule has 0 N–H and O–H groups in total. The summed E-state index contributed by atoms with van der Waals surface area (Å²) >= 11 is 6.34. The van der Waals surface area contributed by atoms with Gasteiger partial charge in [0.1, 0.15) is 6.33 Å². The third-order valence-corrected chi connectivity index (χ3v) is 6.66. The van der Waals surface area contributed by atoms with Crippen molar-refractivity contribution in [3.63, 3.8) is 0 Å². The quantitative estimate of drug-likeness (QED) is 0.424. The summed E-state index contributed by atoms with van der Waals surface area (Å²) in [5.74, 6) is 1.44. The van der Waals surface area contributed by atoms with Crippen LogP contribution in [0.2, 0.25) is 5.02 Å². The van der Waals surface area contributed by atoms with Crippen LogP contribution in [0.15, 0.2) is 30.7 Å². The van der Waals surface area contributed by atoms with E-state index in [1.807, 2.05) is 39.1 Å². The van der Waals surface area contributed by atoms with Gasteiger partial charge in [0.25, 0.3) is 0 Å². The average Bonchev–Trinajstić information content (AvgIpc) is 3.51. The molecule has 1 aliphatic rings. The van der Waals surface area contributed by atoms with Crippen molar-refractivity contribution >= 4 is 11.6 Å². The Hall–Kier alpha value is -3.06. The van der Waals surface area contributed by atoms with Crippen molar-refractivity contribution < 1.29 is 0 Å². The average molecular weight is 448 g/mol. The van der Waals surface area contributed by atoms with Crippen molar-refractivity contribution in [3.8, 4) is 17.1 Å². The van der Waals surface area contributed by atoms with Crippen molar-refractivity contribution in [2.75, 3.05) is 0 Å². The third kappa shape index (κ3) is 3.93. The van der Waals surface area contributed by atoms with Crippen molar-refractivity contribution in [2.45, 2.75) is 53.5 Å². The van der Waals surface area contributed by atoms with Crippen molar-refractivity contribution in [2.24, 2.45) is 5.92 Å². The van der Waals surface area contributed by atoms with Crippen molar-refractivity contribution in [3.05, 3.63) is 69.8 Å². The van der Waals surface area contributed by atoms with Gasteiger partial charge in [0.15, 0.2) is 5.82 Å². The first-order valence-corrected chi connectivity index (χ1v) is 11.3. The molecule has 0 unspecified atom stereocenters. The van der Waals surface area contributed by atoms with Gasteiger partial charge in [-0.1, -0.05) is 11.6 Å². The van der Waals surface area contributed by atoms with Crippen LogP contribution in [0.3, 0.4) is 0 Å². The highest BCUT2D eigenvalue weighted by molar-refractivity contribution is 6.31. The molecule has 1 aliphatic carbocycles. The van der Waals surface area contributed by atoms with Gasteiger partial charge in [-0.2, -0.15) is 10.2 Å². The third-order valence-electron chi connectivity index (χ3n) is 6.11.